The van der Waals surface area contributed by atoms with Gasteiger partial charge < -0.3 is 2.85 Å². The van der Waals surface area contributed by atoms with Gasteiger partial charge in [0.1, 0.15) is 0 Å². The second-order valence-corrected chi connectivity index (χ2v) is 0. The van der Waals surface area contributed by atoms with Crippen LogP contribution in [-0.4, -0.2) is 42.4 Å². The van der Waals surface area contributed by atoms with Gasteiger partial charge in [0.15, 0.2) is 0 Å². The molecule has 0 saturated carbocycles. The Morgan fingerprint density at radius 3 is 1.50 bits per heavy atom. The maximum atomic E-state index is 6.47. The molecule has 0 aliphatic heterocycles. The molecular formula is H3CaClCuO. The predicted molar refractivity (Wildman–Crippen MR) is 16.0 cm³/mol. The Labute approximate surface area is 73.3 Å². The van der Waals surface area contributed by atoms with E-state index in [0.717, 1.165) is 0 Å². The summed E-state index contributed by atoms with van der Waals surface area (Å²) in [7, 11) is 0. The van der Waals surface area contributed by atoms with Gasteiger partial charge in [-0.15, -0.1) is 0 Å². The van der Waals surface area contributed by atoms with Crippen LogP contribution in [0, 0.1) is 0 Å². The molecule has 0 saturated heterocycles. The summed E-state index contributed by atoms with van der Waals surface area (Å²) in [4.78, 5) is 0. The van der Waals surface area contributed by atoms with Crippen molar-refractivity contribution in [2.45, 2.75) is 0 Å². The summed E-state index contributed by atoms with van der Waals surface area (Å²) in [6.07, 6.45) is 0. The minimum atomic E-state index is 0. The van der Waals surface area contributed by atoms with Gasteiger partial charge in [0.25, 0.3) is 0 Å². The van der Waals surface area contributed by atoms with Crippen molar-refractivity contribution < 1.29 is 24.6 Å². The molecule has 0 atom stereocenters. The van der Waals surface area contributed by atoms with Gasteiger partial charge in [0, 0.05) is 17.1 Å². The SMILES string of the molecule is OCl.[Ca+2].[Cu].[H-].[H-]. The van der Waals surface area contributed by atoms with Crippen molar-refractivity contribution in [2.75, 3.05) is 0 Å². The van der Waals surface area contributed by atoms with Gasteiger partial charge in [-0.1, -0.05) is 0 Å². The molecule has 0 aliphatic rings. The largest absolute Gasteiger partial charge is 2.00 e. The van der Waals surface area contributed by atoms with Crippen molar-refractivity contribution in [2.24, 2.45) is 0 Å². The average Bonchev–Trinajstić information content (AvgIpc) is 1.00. The molecule has 4 heteroatoms. The van der Waals surface area contributed by atoms with Crippen LogP contribution >= 0.6 is 11.9 Å². The fraction of sp³-hybridized carbons (Fsp3) is 0. The van der Waals surface area contributed by atoms with Crippen LogP contribution in [0.5, 0.6) is 0 Å². The number of hydrogen-bond acceptors (Lipinski definition) is 1. The molecule has 0 aromatic carbocycles. The first kappa shape index (κ1) is 16.6. The number of halogens is 1. The second-order valence-electron chi connectivity index (χ2n) is 0. The third-order valence-electron chi connectivity index (χ3n) is 0. The monoisotopic (exact) mass is 157 g/mol. The summed E-state index contributed by atoms with van der Waals surface area (Å²) in [5.74, 6) is 0. The van der Waals surface area contributed by atoms with Gasteiger partial charge >= 0.3 is 37.7 Å². The quantitative estimate of drug-likeness (QED) is 0.491. The van der Waals surface area contributed by atoms with Crippen molar-refractivity contribution >= 4 is 49.6 Å². The molecule has 0 spiro atoms. The molecule has 0 aromatic heterocycles. The van der Waals surface area contributed by atoms with Crippen molar-refractivity contribution in [1.29, 1.82) is 0 Å². The molecule has 0 aliphatic carbocycles. The summed E-state index contributed by atoms with van der Waals surface area (Å²) < 4.78 is 6.47. The van der Waals surface area contributed by atoms with Gasteiger partial charge in [0.05, 0.1) is 11.9 Å². The summed E-state index contributed by atoms with van der Waals surface area (Å²) in [6.45, 7) is 0. The molecule has 1 nitrogen and oxygen atoms in total. The van der Waals surface area contributed by atoms with Crippen molar-refractivity contribution in [1.82, 2.24) is 0 Å². The second kappa shape index (κ2) is 19.8. The Morgan fingerprint density at radius 2 is 1.50 bits per heavy atom. The molecule has 0 rings (SSSR count). The van der Waals surface area contributed by atoms with Gasteiger partial charge in [-0.2, -0.15) is 0 Å². The molecule has 0 unspecified atom stereocenters. The predicted octanol–water partition coefficient (Wildman–Crippen LogP) is -0.0258. The first-order valence-corrected chi connectivity index (χ1v) is 0.507. The molecule has 1 radical (unpaired) electrons. The normalized spacial score (nSPS) is 1.50. The molecule has 29 valence electrons. The van der Waals surface area contributed by atoms with Crippen LogP contribution in [0.3, 0.4) is 0 Å². The molecule has 0 fully saturated rings. The van der Waals surface area contributed by atoms with Crippen molar-refractivity contribution in [3.05, 3.63) is 0 Å². The molecule has 0 bridgehead atoms. The van der Waals surface area contributed by atoms with Gasteiger partial charge in [-0.3, -0.25) is 4.66 Å². The van der Waals surface area contributed by atoms with Crippen LogP contribution in [0.4, 0.5) is 0 Å². The minimum absolute atomic E-state index is 0. The van der Waals surface area contributed by atoms with Crippen molar-refractivity contribution in [3.63, 3.8) is 0 Å². The van der Waals surface area contributed by atoms with Crippen LogP contribution in [-0.2, 0) is 17.1 Å². The molecule has 0 aromatic rings. The summed E-state index contributed by atoms with van der Waals surface area (Å²) >= 11 is 3.64. The van der Waals surface area contributed by atoms with Gasteiger partial charge in [-0.05, 0) is 0 Å². The Balaban J connectivity index is -0.000000000833. The summed E-state index contributed by atoms with van der Waals surface area (Å²) in [5.41, 5.74) is 0. The van der Waals surface area contributed by atoms with E-state index in [2.05, 4.69) is 11.9 Å². The van der Waals surface area contributed by atoms with Gasteiger partial charge in [-0.25, -0.2) is 0 Å². The Bertz CT molecular complexity index is 13.5. The zero-order chi connectivity index (χ0) is 2.00. The van der Waals surface area contributed by atoms with Crippen LogP contribution in [0.2, 0.25) is 0 Å². The first-order valence-electron chi connectivity index (χ1n) is 0.169. The molecular weight excluding hydrogens is 155 g/mol. The third kappa shape index (κ3) is 8.98. The zero-order valence-corrected chi connectivity index (χ0v) is 5.74. The van der Waals surface area contributed by atoms with E-state index >= 15 is 0 Å². The fourth-order valence-corrected chi connectivity index (χ4v) is 0. The standard InChI is InChI=1S/Ca.ClHO.Cu.2H/c;1-2;;;/h;2H;;;/q+2;;;2*-1. The fourth-order valence-electron chi connectivity index (χ4n) is 0. The van der Waals surface area contributed by atoms with Crippen LogP contribution in [0.25, 0.3) is 0 Å². The van der Waals surface area contributed by atoms with E-state index in [1.165, 1.54) is 0 Å². The first-order chi connectivity index (χ1) is 1.00. The van der Waals surface area contributed by atoms with Crippen LogP contribution < -0.4 is 0 Å². The zero-order valence-electron chi connectivity index (χ0n) is 3.83. The van der Waals surface area contributed by atoms with Crippen molar-refractivity contribution in [3.8, 4) is 0 Å². The topological polar surface area (TPSA) is 20.2 Å². The molecule has 4 heavy (non-hydrogen) atoms. The summed E-state index contributed by atoms with van der Waals surface area (Å²) in [6, 6.07) is 0. The molecule has 0 heterocycles. The maximum Gasteiger partial charge on any atom is 2.00 e. The molecule has 1 N–H and O–H groups in total. The molecule has 0 amide bonds. The van der Waals surface area contributed by atoms with E-state index < -0.39 is 0 Å². The van der Waals surface area contributed by atoms with Crippen LogP contribution in [0.15, 0.2) is 0 Å². The Kier molecular flexibility index (Phi) is 82.4. The van der Waals surface area contributed by atoms with E-state index in [1.807, 2.05) is 0 Å². The number of hydrogen-bond donors (Lipinski definition) is 1. The number of rotatable bonds is 0. The van der Waals surface area contributed by atoms with E-state index in [9.17, 15) is 0 Å². The van der Waals surface area contributed by atoms with E-state index in [-0.39, 0.29) is 57.7 Å². The minimum Gasteiger partial charge on any atom is -1.00 e. The maximum absolute atomic E-state index is 6.47. The van der Waals surface area contributed by atoms with E-state index in [0.29, 0.717) is 0 Å². The van der Waals surface area contributed by atoms with Gasteiger partial charge in [0.2, 0.25) is 0 Å². The van der Waals surface area contributed by atoms with Crippen LogP contribution in [0.1, 0.15) is 2.85 Å². The van der Waals surface area contributed by atoms with E-state index in [4.69, 9.17) is 4.66 Å². The Hall–Kier alpha value is 2.03. The Morgan fingerprint density at radius 1 is 1.50 bits per heavy atom. The smallest absolute Gasteiger partial charge is 1.00 e. The third-order valence-corrected chi connectivity index (χ3v) is 0. The average molecular weight is 158 g/mol. The summed E-state index contributed by atoms with van der Waals surface area (Å²) in [5, 5.41) is 0. The van der Waals surface area contributed by atoms with E-state index in [1.54, 1.807) is 0 Å².